The van der Waals surface area contributed by atoms with Gasteiger partial charge in [-0.15, -0.1) is 0 Å². The van der Waals surface area contributed by atoms with Crippen LogP contribution >= 0.6 is 11.6 Å². The number of ether oxygens (including phenoxy) is 2. The number of hydrogen-bond donors (Lipinski definition) is 3. The molecule has 1 atom stereocenters. The van der Waals surface area contributed by atoms with Gasteiger partial charge in [-0.05, 0) is 18.2 Å². The number of halogens is 1. The van der Waals surface area contributed by atoms with Crippen molar-refractivity contribution >= 4 is 29.2 Å². The largest absolute Gasteiger partial charge is 0.495 e. The highest BCUT2D eigenvalue weighted by molar-refractivity contribution is 6.30. The maximum absolute atomic E-state index is 11.7. The first kappa shape index (κ1) is 18.1. The van der Waals surface area contributed by atoms with Gasteiger partial charge < -0.3 is 25.2 Å². The minimum atomic E-state index is -1.14. The van der Waals surface area contributed by atoms with E-state index < -0.39 is 17.9 Å². The van der Waals surface area contributed by atoms with Crippen molar-refractivity contribution in [2.24, 2.45) is 0 Å². The maximum Gasteiger partial charge on any atom is 0.328 e. The maximum atomic E-state index is 11.7. The molecule has 1 amide bonds. The Balaban J connectivity index is 2.48. The monoisotopic (exact) mass is 330 g/mol. The van der Waals surface area contributed by atoms with Crippen molar-refractivity contribution in [1.82, 2.24) is 5.32 Å². The molecule has 0 saturated carbocycles. The minimum Gasteiger partial charge on any atom is -0.495 e. The molecule has 0 radical (unpaired) electrons. The fraction of sp³-hybridized carbons (Fsp3) is 0.429. The highest BCUT2D eigenvalue weighted by Gasteiger charge is 2.19. The van der Waals surface area contributed by atoms with Gasteiger partial charge in [0.25, 0.3) is 0 Å². The number of aliphatic carboxylic acids is 1. The van der Waals surface area contributed by atoms with E-state index in [4.69, 9.17) is 26.2 Å². The first-order valence-electron chi connectivity index (χ1n) is 6.56. The molecule has 22 heavy (non-hydrogen) atoms. The van der Waals surface area contributed by atoms with Gasteiger partial charge >= 0.3 is 5.97 Å². The molecule has 0 bridgehead atoms. The Morgan fingerprint density at radius 2 is 2.09 bits per heavy atom. The summed E-state index contributed by atoms with van der Waals surface area (Å²) in [5.74, 6) is -0.926. The Labute approximate surface area is 133 Å². The van der Waals surface area contributed by atoms with Gasteiger partial charge in [-0.1, -0.05) is 11.6 Å². The van der Waals surface area contributed by atoms with Gasteiger partial charge in [0.05, 0.1) is 19.4 Å². The molecule has 0 fully saturated rings. The molecule has 0 spiro atoms. The molecule has 8 heteroatoms. The van der Waals surface area contributed by atoms with Crippen LogP contribution in [0.15, 0.2) is 18.2 Å². The van der Waals surface area contributed by atoms with E-state index in [0.29, 0.717) is 23.0 Å². The van der Waals surface area contributed by atoms with E-state index in [2.05, 4.69) is 10.6 Å². The molecule has 0 saturated heterocycles. The summed E-state index contributed by atoms with van der Waals surface area (Å²) in [7, 11) is 2.90. The molecule has 3 N–H and O–H groups in total. The van der Waals surface area contributed by atoms with Crippen molar-refractivity contribution in [2.75, 3.05) is 32.7 Å². The van der Waals surface area contributed by atoms with Gasteiger partial charge in [0, 0.05) is 25.1 Å². The fourth-order valence-electron chi connectivity index (χ4n) is 1.74. The fourth-order valence-corrected chi connectivity index (χ4v) is 1.91. The number of rotatable bonds is 9. The van der Waals surface area contributed by atoms with Crippen LogP contribution < -0.4 is 15.4 Å². The second-order valence-corrected chi connectivity index (χ2v) is 4.87. The smallest absolute Gasteiger partial charge is 0.328 e. The van der Waals surface area contributed by atoms with Gasteiger partial charge in [-0.3, -0.25) is 4.79 Å². The minimum absolute atomic E-state index is 0.0867. The van der Waals surface area contributed by atoms with E-state index in [1.807, 2.05) is 0 Å². The van der Waals surface area contributed by atoms with Crippen LogP contribution in [0.2, 0.25) is 5.02 Å². The molecule has 0 aliphatic carbocycles. The molecule has 1 rings (SSSR count). The summed E-state index contributed by atoms with van der Waals surface area (Å²) in [5.41, 5.74) is 0.662. The third kappa shape index (κ3) is 5.79. The number of nitrogens with one attached hydrogen (secondary N) is 2. The van der Waals surface area contributed by atoms with Crippen LogP contribution in [0, 0.1) is 0 Å². The summed E-state index contributed by atoms with van der Waals surface area (Å²) >= 11 is 5.90. The number of carboxylic acid groups (broad SMARTS) is 1. The molecule has 0 heterocycles. The number of methoxy groups -OCH3 is 2. The summed E-state index contributed by atoms with van der Waals surface area (Å²) in [4.78, 5) is 22.6. The lowest BCUT2D eigenvalue weighted by Gasteiger charge is -2.14. The Morgan fingerprint density at radius 3 is 2.68 bits per heavy atom. The zero-order valence-corrected chi connectivity index (χ0v) is 13.1. The van der Waals surface area contributed by atoms with E-state index in [9.17, 15) is 9.59 Å². The summed E-state index contributed by atoms with van der Waals surface area (Å²) < 4.78 is 9.91. The second kappa shape index (κ2) is 9.11. The van der Waals surface area contributed by atoms with Crippen LogP contribution in [0.4, 0.5) is 5.69 Å². The lowest BCUT2D eigenvalue weighted by Crippen LogP contribution is -2.44. The van der Waals surface area contributed by atoms with Crippen molar-refractivity contribution < 1.29 is 24.2 Å². The highest BCUT2D eigenvalue weighted by atomic mass is 35.5. The molecule has 0 aromatic heterocycles. The molecule has 1 aromatic carbocycles. The molecular formula is C14H19ClN2O5. The number of carbonyl (C=O) groups is 2. The molecule has 122 valence electrons. The lowest BCUT2D eigenvalue weighted by atomic mass is 10.2. The van der Waals surface area contributed by atoms with Crippen LogP contribution in [0.1, 0.15) is 6.42 Å². The highest BCUT2D eigenvalue weighted by Crippen LogP contribution is 2.27. The van der Waals surface area contributed by atoms with Crippen LogP contribution in [0.5, 0.6) is 5.75 Å². The Hall–Kier alpha value is -1.99. The molecule has 1 aromatic rings. The summed E-state index contributed by atoms with van der Waals surface area (Å²) in [6, 6.07) is 4.03. The third-order valence-corrected chi connectivity index (χ3v) is 3.03. The predicted octanol–water partition coefficient (Wildman–Crippen LogP) is 1.37. The third-order valence-electron chi connectivity index (χ3n) is 2.80. The summed E-state index contributed by atoms with van der Waals surface area (Å²) in [6.07, 6.45) is 0.100. The average Bonchev–Trinajstić information content (AvgIpc) is 2.47. The van der Waals surface area contributed by atoms with E-state index in [0.717, 1.165) is 0 Å². The van der Waals surface area contributed by atoms with Crippen molar-refractivity contribution in [2.45, 2.75) is 12.5 Å². The van der Waals surface area contributed by atoms with Gasteiger partial charge in [0.1, 0.15) is 5.75 Å². The number of carbonyl (C=O) groups excluding carboxylic acids is 1. The normalized spacial score (nSPS) is 11.6. The molecule has 7 nitrogen and oxygen atoms in total. The van der Waals surface area contributed by atoms with Gasteiger partial charge in [0.15, 0.2) is 6.04 Å². The van der Waals surface area contributed by atoms with Crippen molar-refractivity contribution in [3.05, 3.63) is 23.2 Å². The predicted molar refractivity (Wildman–Crippen MR) is 82.6 cm³/mol. The molecule has 0 aliphatic rings. The number of benzene rings is 1. The number of anilines is 1. The van der Waals surface area contributed by atoms with E-state index in [-0.39, 0.29) is 13.0 Å². The quantitative estimate of drug-likeness (QED) is 0.632. The Bertz CT molecular complexity index is 524. The van der Waals surface area contributed by atoms with Crippen molar-refractivity contribution in [1.29, 1.82) is 0 Å². The molecular weight excluding hydrogens is 312 g/mol. The topological polar surface area (TPSA) is 96.9 Å². The lowest BCUT2D eigenvalue weighted by molar-refractivity contribution is -0.143. The van der Waals surface area contributed by atoms with E-state index in [1.165, 1.54) is 14.2 Å². The zero-order chi connectivity index (χ0) is 16.5. The molecule has 0 aliphatic heterocycles. The summed E-state index contributed by atoms with van der Waals surface area (Å²) in [6.45, 7) is 0.221. The standard InChI is InChI=1S/C14H19ClN2O5/c1-21-8-11(14(19)20)17-13(18)5-6-16-10-7-9(15)3-4-12(10)22-2/h3-4,7,11,16H,5-6,8H2,1-2H3,(H,17,18)(H,19,20). The van der Waals surface area contributed by atoms with E-state index in [1.54, 1.807) is 18.2 Å². The Kier molecular flexibility index (Phi) is 7.48. The number of carboxylic acids is 1. The van der Waals surface area contributed by atoms with Crippen molar-refractivity contribution in [3.63, 3.8) is 0 Å². The SMILES string of the molecule is COCC(NC(=O)CCNc1cc(Cl)ccc1OC)C(=O)O. The summed E-state index contributed by atoms with van der Waals surface area (Å²) in [5, 5.41) is 14.9. The molecule has 1 unspecified atom stereocenters. The van der Waals surface area contributed by atoms with Gasteiger partial charge in [0.2, 0.25) is 5.91 Å². The van der Waals surface area contributed by atoms with Crippen molar-refractivity contribution in [3.8, 4) is 5.75 Å². The van der Waals surface area contributed by atoms with Crippen LogP contribution in [-0.4, -0.2) is 50.4 Å². The zero-order valence-electron chi connectivity index (χ0n) is 12.4. The van der Waals surface area contributed by atoms with Crippen LogP contribution in [-0.2, 0) is 14.3 Å². The number of hydrogen-bond acceptors (Lipinski definition) is 5. The van der Waals surface area contributed by atoms with Gasteiger partial charge in [-0.2, -0.15) is 0 Å². The van der Waals surface area contributed by atoms with Crippen LogP contribution in [0.25, 0.3) is 0 Å². The first-order chi connectivity index (χ1) is 10.5. The second-order valence-electron chi connectivity index (χ2n) is 4.44. The van der Waals surface area contributed by atoms with E-state index >= 15 is 0 Å². The number of amides is 1. The van der Waals surface area contributed by atoms with Crippen LogP contribution in [0.3, 0.4) is 0 Å². The van der Waals surface area contributed by atoms with Gasteiger partial charge in [-0.25, -0.2) is 4.79 Å². The average molecular weight is 331 g/mol. The Morgan fingerprint density at radius 1 is 1.36 bits per heavy atom. The first-order valence-corrected chi connectivity index (χ1v) is 6.94.